The number of rotatable bonds is 9. The van der Waals surface area contributed by atoms with E-state index >= 15 is 0 Å². The van der Waals surface area contributed by atoms with Crippen LogP contribution in [-0.2, 0) is 11.2 Å². The molecule has 1 rings (SSSR count). The summed E-state index contributed by atoms with van der Waals surface area (Å²) in [5.41, 5.74) is 2.01. The number of benzene rings is 1. The summed E-state index contributed by atoms with van der Waals surface area (Å²) in [5, 5.41) is 0. The van der Waals surface area contributed by atoms with Crippen molar-refractivity contribution in [3.8, 4) is 0 Å². The number of ketones is 1. The number of hydrogen-bond acceptors (Lipinski definition) is 2. The molecular formula is C16H24O2. The molecule has 0 heterocycles. The van der Waals surface area contributed by atoms with Crippen LogP contribution in [0.3, 0.4) is 0 Å². The Morgan fingerprint density at radius 1 is 1.06 bits per heavy atom. The Morgan fingerprint density at radius 2 is 1.78 bits per heavy atom. The largest absolute Gasteiger partial charge is 0.373 e. The molecule has 0 saturated carbocycles. The van der Waals surface area contributed by atoms with E-state index in [1.165, 1.54) is 24.8 Å². The van der Waals surface area contributed by atoms with E-state index in [9.17, 15) is 4.79 Å². The van der Waals surface area contributed by atoms with Gasteiger partial charge >= 0.3 is 0 Å². The maximum absolute atomic E-state index is 11.8. The number of Topliss-reactive ketones (excluding diaryl/α,β-unsaturated/α-hetero) is 1. The van der Waals surface area contributed by atoms with E-state index in [-0.39, 0.29) is 12.4 Å². The second-order valence-electron chi connectivity index (χ2n) is 4.59. The molecule has 100 valence electrons. The van der Waals surface area contributed by atoms with Crippen LogP contribution < -0.4 is 0 Å². The van der Waals surface area contributed by atoms with Crippen molar-refractivity contribution in [1.29, 1.82) is 0 Å². The highest BCUT2D eigenvalue weighted by Crippen LogP contribution is 2.06. The van der Waals surface area contributed by atoms with E-state index in [1.807, 2.05) is 24.3 Å². The van der Waals surface area contributed by atoms with Gasteiger partial charge in [-0.15, -0.1) is 0 Å². The summed E-state index contributed by atoms with van der Waals surface area (Å²) in [4.78, 5) is 11.8. The van der Waals surface area contributed by atoms with Crippen LogP contribution in [0.25, 0.3) is 0 Å². The van der Waals surface area contributed by atoms with Gasteiger partial charge in [-0.3, -0.25) is 4.79 Å². The van der Waals surface area contributed by atoms with Crippen molar-refractivity contribution in [2.45, 2.75) is 46.0 Å². The summed E-state index contributed by atoms with van der Waals surface area (Å²) in [7, 11) is 0. The van der Waals surface area contributed by atoms with Gasteiger partial charge in [0.15, 0.2) is 5.78 Å². The van der Waals surface area contributed by atoms with Gasteiger partial charge in [-0.1, -0.05) is 57.4 Å². The van der Waals surface area contributed by atoms with Crippen molar-refractivity contribution in [2.24, 2.45) is 0 Å². The van der Waals surface area contributed by atoms with Crippen molar-refractivity contribution < 1.29 is 9.53 Å². The van der Waals surface area contributed by atoms with Gasteiger partial charge in [0.2, 0.25) is 0 Å². The number of carbonyl (C=O) groups is 1. The fourth-order valence-corrected chi connectivity index (χ4v) is 1.81. The molecule has 1 aromatic carbocycles. The zero-order valence-electron chi connectivity index (χ0n) is 11.6. The highest BCUT2D eigenvalue weighted by molar-refractivity contribution is 5.97. The summed E-state index contributed by atoms with van der Waals surface area (Å²) in [6.45, 7) is 5.19. The van der Waals surface area contributed by atoms with Gasteiger partial charge < -0.3 is 4.74 Å². The van der Waals surface area contributed by atoms with Crippen molar-refractivity contribution in [1.82, 2.24) is 0 Å². The van der Waals surface area contributed by atoms with Gasteiger partial charge in [0, 0.05) is 12.2 Å². The molecule has 1 aromatic rings. The fourth-order valence-electron chi connectivity index (χ4n) is 1.81. The van der Waals surface area contributed by atoms with E-state index in [0.29, 0.717) is 6.61 Å². The van der Waals surface area contributed by atoms with Gasteiger partial charge in [-0.2, -0.15) is 0 Å². The molecule has 2 nitrogen and oxygen atoms in total. The van der Waals surface area contributed by atoms with Crippen LogP contribution in [0.15, 0.2) is 24.3 Å². The minimum atomic E-state index is 0.0770. The second-order valence-corrected chi connectivity index (χ2v) is 4.59. The van der Waals surface area contributed by atoms with Crippen LogP contribution in [0.5, 0.6) is 0 Å². The zero-order valence-corrected chi connectivity index (χ0v) is 11.6. The molecular weight excluding hydrogens is 224 g/mol. The Hall–Kier alpha value is -1.15. The molecule has 2 heteroatoms. The molecule has 18 heavy (non-hydrogen) atoms. The first-order valence-corrected chi connectivity index (χ1v) is 6.97. The summed E-state index contributed by atoms with van der Waals surface area (Å²) < 4.78 is 5.40. The Kier molecular flexibility index (Phi) is 7.35. The van der Waals surface area contributed by atoms with E-state index in [4.69, 9.17) is 4.74 Å². The van der Waals surface area contributed by atoms with E-state index in [1.54, 1.807) is 0 Å². The number of ether oxygens (including phenoxy) is 1. The van der Waals surface area contributed by atoms with Gasteiger partial charge in [0.05, 0.1) is 0 Å². The predicted octanol–water partition coefficient (Wildman–Crippen LogP) is 4.03. The Bertz CT molecular complexity index is 341. The number of hydrogen-bond donors (Lipinski definition) is 0. The molecule has 0 aliphatic heterocycles. The maximum atomic E-state index is 11.8. The highest BCUT2D eigenvalue weighted by atomic mass is 16.5. The van der Waals surface area contributed by atoms with Crippen LogP contribution in [0.2, 0.25) is 0 Å². The zero-order chi connectivity index (χ0) is 13.2. The minimum Gasteiger partial charge on any atom is -0.373 e. The SMILES string of the molecule is CCCCCCOCC(=O)c1ccc(CC)cc1. The molecule has 0 aliphatic rings. The lowest BCUT2D eigenvalue weighted by atomic mass is 10.1. The normalized spacial score (nSPS) is 10.6. The van der Waals surface area contributed by atoms with Crippen molar-refractivity contribution >= 4 is 5.78 Å². The van der Waals surface area contributed by atoms with E-state index in [0.717, 1.165) is 18.4 Å². The predicted molar refractivity (Wildman–Crippen MR) is 75.1 cm³/mol. The third-order valence-electron chi connectivity index (χ3n) is 3.06. The minimum absolute atomic E-state index is 0.0770. The molecule has 0 bridgehead atoms. The monoisotopic (exact) mass is 248 g/mol. The standard InChI is InChI=1S/C16H24O2/c1-3-5-6-7-12-18-13-16(17)15-10-8-14(4-2)9-11-15/h8-11H,3-7,12-13H2,1-2H3. The number of unbranched alkanes of at least 4 members (excludes halogenated alkanes) is 3. The maximum Gasteiger partial charge on any atom is 0.188 e. The van der Waals surface area contributed by atoms with Crippen LogP contribution in [-0.4, -0.2) is 19.0 Å². The van der Waals surface area contributed by atoms with E-state index in [2.05, 4.69) is 13.8 Å². The molecule has 0 N–H and O–H groups in total. The first kappa shape index (κ1) is 14.9. The molecule has 0 fully saturated rings. The molecule has 0 radical (unpaired) electrons. The molecule has 0 amide bonds. The van der Waals surface area contributed by atoms with E-state index < -0.39 is 0 Å². The molecule has 0 atom stereocenters. The average Bonchev–Trinajstić information content (AvgIpc) is 2.42. The first-order chi connectivity index (χ1) is 8.77. The smallest absolute Gasteiger partial charge is 0.188 e. The summed E-state index contributed by atoms with van der Waals surface area (Å²) in [6.07, 6.45) is 5.71. The molecule has 0 unspecified atom stereocenters. The Balaban J connectivity index is 2.23. The third-order valence-corrected chi connectivity index (χ3v) is 3.06. The molecule has 0 aliphatic carbocycles. The molecule has 0 saturated heterocycles. The van der Waals surface area contributed by atoms with Crippen molar-refractivity contribution in [2.75, 3.05) is 13.2 Å². The van der Waals surface area contributed by atoms with Gasteiger partial charge in [-0.05, 0) is 18.4 Å². The van der Waals surface area contributed by atoms with Crippen molar-refractivity contribution in [3.05, 3.63) is 35.4 Å². The lowest BCUT2D eigenvalue weighted by Gasteiger charge is -2.04. The molecule has 0 aromatic heterocycles. The van der Waals surface area contributed by atoms with Crippen LogP contribution >= 0.6 is 0 Å². The van der Waals surface area contributed by atoms with Gasteiger partial charge in [0.1, 0.15) is 6.61 Å². The van der Waals surface area contributed by atoms with Gasteiger partial charge in [0.25, 0.3) is 0 Å². The quantitative estimate of drug-likeness (QED) is 0.487. The average molecular weight is 248 g/mol. The van der Waals surface area contributed by atoms with Crippen LogP contribution in [0.4, 0.5) is 0 Å². The highest BCUT2D eigenvalue weighted by Gasteiger charge is 2.05. The van der Waals surface area contributed by atoms with Crippen LogP contribution in [0, 0.1) is 0 Å². The lowest BCUT2D eigenvalue weighted by molar-refractivity contribution is 0.0752. The second kappa shape index (κ2) is 8.87. The number of carbonyl (C=O) groups excluding carboxylic acids is 1. The van der Waals surface area contributed by atoms with Crippen LogP contribution in [0.1, 0.15) is 55.5 Å². The third kappa shape index (κ3) is 5.46. The summed E-state index contributed by atoms with van der Waals surface area (Å²) in [6, 6.07) is 7.80. The molecule has 0 spiro atoms. The fraction of sp³-hybridized carbons (Fsp3) is 0.562. The Morgan fingerprint density at radius 3 is 2.39 bits per heavy atom. The number of aryl methyl sites for hydroxylation is 1. The Labute approximate surface area is 110 Å². The lowest BCUT2D eigenvalue weighted by Crippen LogP contribution is -2.09. The topological polar surface area (TPSA) is 26.3 Å². The van der Waals surface area contributed by atoms with Gasteiger partial charge in [-0.25, -0.2) is 0 Å². The van der Waals surface area contributed by atoms with Crippen molar-refractivity contribution in [3.63, 3.8) is 0 Å². The summed E-state index contributed by atoms with van der Waals surface area (Å²) >= 11 is 0. The first-order valence-electron chi connectivity index (χ1n) is 6.97. The summed E-state index contributed by atoms with van der Waals surface area (Å²) in [5.74, 6) is 0.0770.